The number of unbranched alkanes of at least 4 members (excludes halogenated alkanes) is 2. The summed E-state index contributed by atoms with van der Waals surface area (Å²) in [5.41, 5.74) is 0. The van der Waals surface area contributed by atoms with Gasteiger partial charge in [0.05, 0.1) is 0 Å². The molecule has 0 aromatic carbocycles. The second kappa shape index (κ2) is 9.05. The van der Waals surface area contributed by atoms with Crippen LogP contribution in [0, 0.1) is 11.8 Å². The topological polar surface area (TPSA) is 18.5 Å². The van der Waals surface area contributed by atoms with E-state index in [1.54, 1.807) is 14.2 Å². The largest absolute Gasteiger partial charge is 0.345 e. The Kier molecular flexibility index (Phi) is 9.02. The normalized spacial score (nSPS) is 9.67. The van der Waals surface area contributed by atoms with Crippen LogP contribution in [0.1, 0.15) is 19.3 Å². The highest BCUT2D eigenvalue weighted by molar-refractivity contribution is 9.09. The predicted molar refractivity (Wildman–Crippen MR) is 53.2 cm³/mol. The van der Waals surface area contributed by atoms with E-state index in [1.165, 1.54) is 6.42 Å². The molecule has 0 atom stereocenters. The second-order valence-electron chi connectivity index (χ2n) is 2.27. The Morgan fingerprint density at radius 3 is 2.42 bits per heavy atom. The SMILES string of the molecule is COC(C#CCCCCBr)OC. The number of hydrogen-bond acceptors (Lipinski definition) is 2. The van der Waals surface area contributed by atoms with Crippen LogP contribution in [0.3, 0.4) is 0 Å². The van der Waals surface area contributed by atoms with Gasteiger partial charge in [-0.05, 0) is 18.8 Å². The third-order valence-corrected chi connectivity index (χ3v) is 1.89. The van der Waals surface area contributed by atoms with E-state index in [4.69, 9.17) is 9.47 Å². The molecule has 0 heterocycles. The van der Waals surface area contributed by atoms with Crippen LogP contribution in [-0.4, -0.2) is 25.8 Å². The summed E-state index contributed by atoms with van der Waals surface area (Å²) in [4.78, 5) is 0. The summed E-state index contributed by atoms with van der Waals surface area (Å²) in [6.07, 6.45) is 2.83. The van der Waals surface area contributed by atoms with Crippen LogP contribution in [-0.2, 0) is 9.47 Å². The first-order valence-electron chi connectivity index (χ1n) is 3.95. The zero-order chi connectivity index (χ0) is 9.23. The van der Waals surface area contributed by atoms with E-state index in [1.807, 2.05) is 0 Å². The van der Waals surface area contributed by atoms with Crippen LogP contribution >= 0.6 is 15.9 Å². The van der Waals surface area contributed by atoms with E-state index in [9.17, 15) is 0 Å². The van der Waals surface area contributed by atoms with Gasteiger partial charge in [-0.2, -0.15) is 0 Å². The van der Waals surface area contributed by atoms with Gasteiger partial charge in [0.15, 0.2) is 0 Å². The van der Waals surface area contributed by atoms with Crippen molar-refractivity contribution in [3.63, 3.8) is 0 Å². The highest BCUT2D eigenvalue weighted by Crippen LogP contribution is 1.97. The summed E-state index contributed by atoms with van der Waals surface area (Å²) >= 11 is 3.36. The first-order chi connectivity index (χ1) is 5.85. The Balaban J connectivity index is 3.42. The zero-order valence-electron chi connectivity index (χ0n) is 7.60. The maximum Gasteiger partial charge on any atom is 0.221 e. The van der Waals surface area contributed by atoms with Gasteiger partial charge in [-0.3, -0.25) is 0 Å². The molecule has 0 spiro atoms. The molecule has 0 N–H and O–H groups in total. The van der Waals surface area contributed by atoms with Gasteiger partial charge in [0.2, 0.25) is 6.29 Å². The summed E-state index contributed by atoms with van der Waals surface area (Å²) < 4.78 is 9.80. The average molecular weight is 235 g/mol. The number of rotatable bonds is 5. The molecule has 0 aromatic heterocycles. The van der Waals surface area contributed by atoms with Crippen molar-refractivity contribution in [1.29, 1.82) is 0 Å². The minimum Gasteiger partial charge on any atom is -0.345 e. The highest BCUT2D eigenvalue weighted by atomic mass is 79.9. The van der Waals surface area contributed by atoms with Crippen LogP contribution in [0.2, 0.25) is 0 Å². The van der Waals surface area contributed by atoms with Crippen molar-refractivity contribution >= 4 is 15.9 Å². The van der Waals surface area contributed by atoms with E-state index in [-0.39, 0.29) is 6.29 Å². The van der Waals surface area contributed by atoms with E-state index >= 15 is 0 Å². The van der Waals surface area contributed by atoms with Gasteiger partial charge in [0, 0.05) is 26.0 Å². The van der Waals surface area contributed by atoms with Gasteiger partial charge < -0.3 is 9.47 Å². The van der Waals surface area contributed by atoms with E-state index in [2.05, 4.69) is 27.8 Å². The van der Waals surface area contributed by atoms with Crippen molar-refractivity contribution in [1.82, 2.24) is 0 Å². The average Bonchev–Trinajstić information content (AvgIpc) is 2.11. The summed E-state index contributed by atoms with van der Waals surface area (Å²) in [7, 11) is 3.17. The van der Waals surface area contributed by atoms with Crippen molar-refractivity contribution in [3.8, 4) is 11.8 Å². The van der Waals surface area contributed by atoms with E-state index < -0.39 is 0 Å². The summed E-state index contributed by atoms with van der Waals surface area (Å²) in [5, 5.41) is 1.05. The number of halogens is 1. The fourth-order valence-electron chi connectivity index (χ4n) is 0.677. The molecule has 12 heavy (non-hydrogen) atoms. The molecule has 70 valence electrons. The summed E-state index contributed by atoms with van der Waals surface area (Å²) in [6, 6.07) is 0. The fraction of sp³-hybridized carbons (Fsp3) is 0.778. The molecule has 0 rings (SSSR count). The van der Waals surface area contributed by atoms with Crippen LogP contribution in [0.25, 0.3) is 0 Å². The molecule has 0 unspecified atom stereocenters. The van der Waals surface area contributed by atoms with Crippen molar-refractivity contribution < 1.29 is 9.47 Å². The molecule has 0 radical (unpaired) electrons. The summed E-state index contributed by atoms with van der Waals surface area (Å²) in [6.45, 7) is 0. The predicted octanol–water partition coefficient (Wildman–Crippen LogP) is 2.17. The Morgan fingerprint density at radius 1 is 1.25 bits per heavy atom. The van der Waals surface area contributed by atoms with Gasteiger partial charge in [0.25, 0.3) is 0 Å². The highest BCUT2D eigenvalue weighted by Gasteiger charge is 1.95. The maximum absolute atomic E-state index is 4.90. The van der Waals surface area contributed by atoms with Crippen LogP contribution in [0.4, 0.5) is 0 Å². The minimum absolute atomic E-state index is 0.367. The Hall–Kier alpha value is -0.0400. The molecular formula is C9H15BrO2. The first kappa shape index (κ1) is 12.0. The fourth-order valence-corrected chi connectivity index (χ4v) is 1.07. The smallest absolute Gasteiger partial charge is 0.221 e. The third-order valence-electron chi connectivity index (χ3n) is 1.33. The second-order valence-corrected chi connectivity index (χ2v) is 3.06. The monoisotopic (exact) mass is 234 g/mol. The van der Waals surface area contributed by atoms with Crippen molar-refractivity contribution in [3.05, 3.63) is 0 Å². The number of ether oxygens (including phenoxy) is 2. The lowest BCUT2D eigenvalue weighted by Crippen LogP contribution is -2.09. The van der Waals surface area contributed by atoms with E-state index in [0.29, 0.717) is 0 Å². The number of hydrogen-bond donors (Lipinski definition) is 0. The van der Waals surface area contributed by atoms with Crippen molar-refractivity contribution in [2.75, 3.05) is 19.5 Å². The molecule has 0 fully saturated rings. The van der Waals surface area contributed by atoms with Gasteiger partial charge in [0.1, 0.15) is 0 Å². The lowest BCUT2D eigenvalue weighted by molar-refractivity contribution is -0.0595. The van der Waals surface area contributed by atoms with Gasteiger partial charge in [-0.25, -0.2) is 0 Å². The van der Waals surface area contributed by atoms with Gasteiger partial charge in [-0.15, -0.1) is 0 Å². The summed E-state index contributed by atoms with van der Waals surface area (Å²) in [5.74, 6) is 5.87. The maximum atomic E-state index is 4.90. The van der Waals surface area contributed by atoms with Gasteiger partial charge >= 0.3 is 0 Å². The standard InChI is InChI=1S/C9H15BrO2/c1-11-9(12-2)7-5-3-4-6-8-10/h9H,3-4,6,8H2,1-2H3. The van der Waals surface area contributed by atoms with Crippen molar-refractivity contribution in [2.45, 2.75) is 25.6 Å². The molecule has 0 amide bonds. The molecule has 3 heteroatoms. The Bertz CT molecular complexity index is 144. The van der Waals surface area contributed by atoms with Crippen molar-refractivity contribution in [2.24, 2.45) is 0 Å². The molecule has 0 aromatic rings. The molecule has 0 saturated heterocycles. The zero-order valence-corrected chi connectivity index (χ0v) is 9.19. The molecule has 0 aliphatic rings. The van der Waals surface area contributed by atoms with Crippen LogP contribution in [0.15, 0.2) is 0 Å². The lowest BCUT2D eigenvalue weighted by Gasteiger charge is -2.03. The Labute approximate surface area is 82.8 Å². The van der Waals surface area contributed by atoms with E-state index in [0.717, 1.165) is 18.2 Å². The molecule has 0 bridgehead atoms. The number of methoxy groups -OCH3 is 2. The Morgan fingerprint density at radius 2 is 1.92 bits per heavy atom. The van der Waals surface area contributed by atoms with Crippen LogP contribution in [0.5, 0.6) is 0 Å². The van der Waals surface area contributed by atoms with Crippen LogP contribution < -0.4 is 0 Å². The van der Waals surface area contributed by atoms with Gasteiger partial charge in [-0.1, -0.05) is 21.9 Å². The molecule has 2 nitrogen and oxygen atoms in total. The minimum atomic E-state index is -0.367. The lowest BCUT2D eigenvalue weighted by atomic mass is 10.2. The third kappa shape index (κ3) is 6.66. The quantitative estimate of drug-likeness (QED) is 0.314. The number of alkyl halides is 1. The molecular weight excluding hydrogens is 220 g/mol. The molecule has 0 aliphatic heterocycles. The molecule has 0 aliphatic carbocycles. The first-order valence-corrected chi connectivity index (χ1v) is 5.07. The molecule has 0 saturated carbocycles.